The second-order valence-electron chi connectivity index (χ2n) is 4.98. The Labute approximate surface area is 134 Å². The largest absolute Gasteiger partial charge is 0.497 e. The average molecular weight is 316 g/mol. The molecule has 3 amide bonds. The monoisotopic (exact) mass is 316 g/mol. The number of hydrogen-bond acceptors (Lipinski definition) is 3. The highest BCUT2D eigenvalue weighted by Gasteiger charge is 2.17. The number of aryl methyl sites for hydroxylation is 1. The summed E-state index contributed by atoms with van der Waals surface area (Å²) in [6.45, 7) is 3.77. The quantitative estimate of drug-likeness (QED) is 0.753. The first kappa shape index (κ1) is 16.4. The van der Waals surface area contributed by atoms with Crippen LogP contribution in [0, 0.1) is 13.8 Å². The number of hydrazine groups is 1. The topological polar surface area (TPSA) is 84.4 Å². The van der Waals surface area contributed by atoms with Crippen molar-refractivity contribution in [1.82, 2.24) is 20.7 Å². The summed E-state index contributed by atoms with van der Waals surface area (Å²) < 4.78 is 7.12. The van der Waals surface area contributed by atoms with Crippen LogP contribution in [-0.4, -0.2) is 30.7 Å². The molecule has 0 atom stereocenters. The van der Waals surface area contributed by atoms with Crippen LogP contribution < -0.4 is 20.9 Å². The van der Waals surface area contributed by atoms with Gasteiger partial charge in [-0.25, -0.2) is 10.2 Å². The van der Waals surface area contributed by atoms with Crippen molar-refractivity contribution in [2.45, 2.75) is 13.8 Å². The van der Waals surface area contributed by atoms with Gasteiger partial charge in [0.05, 0.1) is 12.7 Å². The van der Waals surface area contributed by atoms with Gasteiger partial charge in [0.2, 0.25) is 0 Å². The molecule has 0 unspecified atom stereocenters. The Morgan fingerprint density at radius 1 is 1.09 bits per heavy atom. The second-order valence-corrected chi connectivity index (χ2v) is 4.98. The maximum absolute atomic E-state index is 12.2. The van der Waals surface area contributed by atoms with Crippen molar-refractivity contribution < 1.29 is 14.3 Å². The molecule has 122 valence electrons. The van der Waals surface area contributed by atoms with Crippen molar-refractivity contribution in [1.29, 1.82) is 0 Å². The number of methoxy groups -OCH3 is 1. The van der Waals surface area contributed by atoms with E-state index in [1.54, 1.807) is 13.2 Å². The number of nitrogens with one attached hydrogen (secondary N) is 3. The Morgan fingerprint density at radius 2 is 1.74 bits per heavy atom. The second kappa shape index (κ2) is 6.87. The lowest BCUT2D eigenvalue weighted by Gasteiger charge is -2.11. The van der Waals surface area contributed by atoms with Gasteiger partial charge < -0.3 is 14.6 Å². The molecule has 1 heterocycles. The summed E-state index contributed by atoms with van der Waals surface area (Å²) in [4.78, 5) is 23.3. The van der Waals surface area contributed by atoms with E-state index in [1.165, 1.54) is 7.05 Å². The summed E-state index contributed by atoms with van der Waals surface area (Å²) in [5.74, 6) is 0.394. The number of aromatic nitrogens is 1. The van der Waals surface area contributed by atoms with E-state index in [2.05, 4.69) is 16.2 Å². The Balaban J connectivity index is 2.28. The van der Waals surface area contributed by atoms with E-state index >= 15 is 0 Å². The zero-order chi connectivity index (χ0) is 17.0. The fourth-order valence-electron chi connectivity index (χ4n) is 2.36. The van der Waals surface area contributed by atoms with E-state index in [0.717, 1.165) is 22.8 Å². The number of ether oxygens (including phenoxy) is 1. The molecule has 0 radical (unpaired) electrons. The molecule has 0 saturated heterocycles. The van der Waals surface area contributed by atoms with Gasteiger partial charge in [-0.3, -0.25) is 10.2 Å². The average Bonchev–Trinajstić information content (AvgIpc) is 2.87. The number of benzene rings is 1. The lowest BCUT2D eigenvalue weighted by Crippen LogP contribution is -2.45. The summed E-state index contributed by atoms with van der Waals surface area (Å²) in [5, 5.41) is 2.36. The first-order valence-corrected chi connectivity index (χ1v) is 7.09. The summed E-state index contributed by atoms with van der Waals surface area (Å²) in [6.07, 6.45) is 0. The van der Waals surface area contributed by atoms with Crippen molar-refractivity contribution in [3.63, 3.8) is 0 Å². The van der Waals surface area contributed by atoms with E-state index in [1.807, 2.05) is 42.7 Å². The summed E-state index contributed by atoms with van der Waals surface area (Å²) >= 11 is 0. The summed E-state index contributed by atoms with van der Waals surface area (Å²) in [6, 6.07) is 8.86. The molecule has 2 rings (SSSR count). The van der Waals surface area contributed by atoms with Crippen molar-refractivity contribution in [2.24, 2.45) is 0 Å². The van der Waals surface area contributed by atoms with Crippen LogP contribution in [0.25, 0.3) is 5.69 Å². The van der Waals surface area contributed by atoms with E-state index in [-0.39, 0.29) is 5.91 Å². The van der Waals surface area contributed by atoms with Gasteiger partial charge in [-0.05, 0) is 44.2 Å². The molecular weight excluding hydrogens is 296 g/mol. The van der Waals surface area contributed by atoms with E-state index < -0.39 is 6.03 Å². The molecule has 1 aromatic heterocycles. The number of rotatable bonds is 3. The molecule has 3 N–H and O–H groups in total. The van der Waals surface area contributed by atoms with Crippen LogP contribution in [0.1, 0.15) is 21.7 Å². The van der Waals surface area contributed by atoms with Gasteiger partial charge in [0.25, 0.3) is 5.91 Å². The molecule has 23 heavy (non-hydrogen) atoms. The number of carbonyl (C=O) groups is 2. The van der Waals surface area contributed by atoms with Crippen molar-refractivity contribution in [3.8, 4) is 11.4 Å². The zero-order valence-corrected chi connectivity index (χ0v) is 13.6. The van der Waals surface area contributed by atoms with Gasteiger partial charge in [0.15, 0.2) is 0 Å². The maximum atomic E-state index is 12.2. The maximum Gasteiger partial charge on any atom is 0.333 e. The third kappa shape index (κ3) is 3.45. The minimum Gasteiger partial charge on any atom is -0.497 e. The Hall–Kier alpha value is -2.96. The molecule has 0 aliphatic carbocycles. The molecule has 7 heteroatoms. The van der Waals surface area contributed by atoms with Gasteiger partial charge in [-0.2, -0.15) is 0 Å². The first-order chi connectivity index (χ1) is 11.0. The lowest BCUT2D eigenvalue weighted by molar-refractivity contribution is 0.0936. The van der Waals surface area contributed by atoms with Crippen molar-refractivity contribution >= 4 is 11.9 Å². The van der Waals surface area contributed by atoms with E-state index in [4.69, 9.17) is 4.74 Å². The summed E-state index contributed by atoms with van der Waals surface area (Å²) in [7, 11) is 3.08. The molecule has 0 aliphatic rings. The van der Waals surface area contributed by atoms with Crippen molar-refractivity contribution in [2.75, 3.05) is 14.2 Å². The molecule has 0 aliphatic heterocycles. The van der Waals surface area contributed by atoms with Crippen LogP contribution in [0.3, 0.4) is 0 Å². The highest BCUT2D eigenvalue weighted by molar-refractivity contribution is 5.96. The molecule has 7 nitrogen and oxygen atoms in total. The Bertz CT molecular complexity index is 720. The minimum atomic E-state index is -0.484. The van der Waals surface area contributed by atoms with Crippen LogP contribution in [0.2, 0.25) is 0 Å². The minimum absolute atomic E-state index is 0.374. The van der Waals surface area contributed by atoms with Crippen LogP contribution in [-0.2, 0) is 0 Å². The predicted molar refractivity (Wildman–Crippen MR) is 86.9 cm³/mol. The van der Waals surface area contributed by atoms with Gasteiger partial charge in [0, 0.05) is 24.1 Å². The predicted octanol–water partition coefficient (Wildman–Crippen LogP) is 1.68. The van der Waals surface area contributed by atoms with Crippen LogP contribution >= 0.6 is 0 Å². The standard InChI is InChI=1S/C16H20N4O3/c1-10-9-14(15(21)18-19-16(22)17-3)11(2)20(10)12-5-7-13(23-4)8-6-12/h5-9H,1-4H3,(H,18,21)(H2,17,19,22). The van der Waals surface area contributed by atoms with Crippen LogP contribution in [0.5, 0.6) is 5.75 Å². The SMILES string of the molecule is CNC(=O)NNC(=O)c1cc(C)n(-c2ccc(OC)cc2)c1C. The normalized spacial score (nSPS) is 10.1. The lowest BCUT2D eigenvalue weighted by atomic mass is 10.2. The van der Waals surface area contributed by atoms with Gasteiger partial charge in [0.1, 0.15) is 5.75 Å². The molecular formula is C16H20N4O3. The van der Waals surface area contributed by atoms with Gasteiger partial charge in [-0.1, -0.05) is 0 Å². The molecule has 2 aromatic rings. The highest BCUT2D eigenvalue weighted by Crippen LogP contribution is 2.22. The number of hydrogen-bond donors (Lipinski definition) is 3. The smallest absolute Gasteiger partial charge is 0.333 e. The number of nitrogens with zero attached hydrogens (tertiary/aromatic N) is 1. The molecule has 0 fully saturated rings. The Morgan fingerprint density at radius 3 is 2.30 bits per heavy atom. The number of urea groups is 1. The molecule has 0 spiro atoms. The van der Waals surface area contributed by atoms with Crippen molar-refractivity contribution in [3.05, 3.63) is 47.3 Å². The fourth-order valence-corrected chi connectivity index (χ4v) is 2.36. The first-order valence-electron chi connectivity index (χ1n) is 7.09. The summed E-state index contributed by atoms with van der Waals surface area (Å²) in [5.41, 5.74) is 7.75. The van der Waals surface area contributed by atoms with Gasteiger partial charge >= 0.3 is 6.03 Å². The Kier molecular flexibility index (Phi) is 4.90. The van der Waals surface area contributed by atoms with E-state index in [9.17, 15) is 9.59 Å². The van der Waals surface area contributed by atoms with E-state index in [0.29, 0.717) is 5.56 Å². The number of carbonyl (C=O) groups excluding carboxylic acids is 2. The highest BCUT2D eigenvalue weighted by atomic mass is 16.5. The third-order valence-electron chi connectivity index (χ3n) is 3.52. The van der Waals surface area contributed by atoms with Gasteiger partial charge in [-0.15, -0.1) is 0 Å². The van der Waals surface area contributed by atoms with Crippen LogP contribution in [0.4, 0.5) is 4.79 Å². The number of amides is 3. The molecule has 1 aromatic carbocycles. The zero-order valence-electron chi connectivity index (χ0n) is 13.6. The third-order valence-corrected chi connectivity index (χ3v) is 3.52. The molecule has 0 saturated carbocycles. The van der Waals surface area contributed by atoms with Crippen LogP contribution in [0.15, 0.2) is 30.3 Å². The molecule has 0 bridgehead atoms. The fraction of sp³-hybridized carbons (Fsp3) is 0.250.